The third-order valence-corrected chi connectivity index (χ3v) is 4.69. The summed E-state index contributed by atoms with van der Waals surface area (Å²) in [5.74, 6) is 0.587. The van der Waals surface area contributed by atoms with Crippen LogP contribution in [0.3, 0.4) is 0 Å². The standard InChI is InChI=1S/C15H19N3S/c16-15(18-12-6-2-3-7-12)17-10-13-9-11-5-1-4-8-14(11)19-13/h1,4-5,8-9,12H,2-3,6-7,10H2,(H3,16,17,18). The lowest BCUT2D eigenvalue weighted by Gasteiger charge is -2.11. The van der Waals surface area contributed by atoms with Crippen molar-refractivity contribution in [1.29, 1.82) is 0 Å². The SMILES string of the molecule is NC(=NCc1cc2ccccc2s1)NC1CCCC1. The van der Waals surface area contributed by atoms with Gasteiger partial charge in [-0.2, -0.15) is 0 Å². The lowest BCUT2D eigenvalue weighted by Crippen LogP contribution is -2.38. The number of nitrogens with zero attached hydrogens (tertiary/aromatic N) is 1. The van der Waals surface area contributed by atoms with Crippen molar-refractivity contribution in [1.82, 2.24) is 5.32 Å². The van der Waals surface area contributed by atoms with Crippen LogP contribution in [0.1, 0.15) is 30.6 Å². The van der Waals surface area contributed by atoms with Gasteiger partial charge in [-0.3, -0.25) is 0 Å². The molecule has 1 aromatic carbocycles. The van der Waals surface area contributed by atoms with Gasteiger partial charge in [-0.05, 0) is 30.4 Å². The smallest absolute Gasteiger partial charge is 0.189 e. The van der Waals surface area contributed by atoms with E-state index >= 15 is 0 Å². The van der Waals surface area contributed by atoms with Gasteiger partial charge in [0.2, 0.25) is 0 Å². The van der Waals surface area contributed by atoms with Crippen LogP contribution in [0.4, 0.5) is 0 Å². The van der Waals surface area contributed by atoms with E-state index < -0.39 is 0 Å². The fraction of sp³-hybridized carbons (Fsp3) is 0.400. The zero-order valence-corrected chi connectivity index (χ0v) is 11.7. The zero-order chi connectivity index (χ0) is 13.1. The molecule has 3 rings (SSSR count). The van der Waals surface area contributed by atoms with E-state index in [0.717, 1.165) is 0 Å². The van der Waals surface area contributed by atoms with Gasteiger partial charge in [-0.1, -0.05) is 31.0 Å². The van der Waals surface area contributed by atoms with Gasteiger partial charge in [-0.15, -0.1) is 11.3 Å². The third-order valence-electron chi connectivity index (χ3n) is 3.59. The van der Waals surface area contributed by atoms with E-state index in [0.29, 0.717) is 18.5 Å². The Kier molecular flexibility index (Phi) is 3.69. The number of nitrogens with two attached hydrogens (primary N) is 1. The molecule has 0 atom stereocenters. The zero-order valence-electron chi connectivity index (χ0n) is 10.9. The summed E-state index contributed by atoms with van der Waals surface area (Å²) in [4.78, 5) is 5.71. The average Bonchev–Trinajstić information content (AvgIpc) is 3.04. The van der Waals surface area contributed by atoms with Crippen molar-refractivity contribution in [2.45, 2.75) is 38.3 Å². The predicted octanol–water partition coefficient (Wildman–Crippen LogP) is 3.25. The van der Waals surface area contributed by atoms with E-state index in [1.165, 1.54) is 40.6 Å². The van der Waals surface area contributed by atoms with Crippen molar-refractivity contribution in [3.05, 3.63) is 35.2 Å². The van der Waals surface area contributed by atoms with E-state index in [-0.39, 0.29) is 0 Å². The fourth-order valence-electron chi connectivity index (χ4n) is 2.60. The summed E-state index contributed by atoms with van der Waals surface area (Å²) in [7, 11) is 0. The number of nitrogens with one attached hydrogen (secondary N) is 1. The number of aliphatic imine (C=N–C) groups is 1. The van der Waals surface area contributed by atoms with Crippen LogP contribution in [-0.2, 0) is 6.54 Å². The minimum atomic E-state index is 0.533. The highest BCUT2D eigenvalue weighted by atomic mass is 32.1. The van der Waals surface area contributed by atoms with Gasteiger partial charge in [-0.25, -0.2) is 4.99 Å². The molecule has 1 aliphatic rings. The Morgan fingerprint density at radius 2 is 2.11 bits per heavy atom. The second-order valence-corrected chi connectivity index (χ2v) is 6.25. The number of thiophene rings is 1. The summed E-state index contributed by atoms with van der Waals surface area (Å²) in [6, 6.07) is 11.2. The molecule has 100 valence electrons. The van der Waals surface area contributed by atoms with E-state index in [1.807, 2.05) is 0 Å². The van der Waals surface area contributed by atoms with Crippen molar-refractivity contribution in [2.75, 3.05) is 0 Å². The molecule has 2 aromatic rings. The highest BCUT2D eigenvalue weighted by Gasteiger charge is 2.14. The van der Waals surface area contributed by atoms with Crippen molar-refractivity contribution in [2.24, 2.45) is 10.7 Å². The van der Waals surface area contributed by atoms with E-state index in [1.54, 1.807) is 11.3 Å². The lowest BCUT2D eigenvalue weighted by atomic mass is 10.2. The number of rotatable bonds is 3. The first-order valence-corrected chi connectivity index (χ1v) is 7.67. The fourth-order valence-corrected chi connectivity index (χ4v) is 3.59. The molecule has 0 spiro atoms. The van der Waals surface area contributed by atoms with Gasteiger partial charge in [0.15, 0.2) is 5.96 Å². The molecule has 1 aliphatic carbocycles. The van der Waals surface area contributed by atoms with Crippen molar-refractivity contribution in [3.63, 3.8) is 0 Å². The number of guanidine groups is 1. The van der Waals surface area contributed by atoms with Crippen molar-refractivity contribution < 1.29 is 0 Å². The summed E-state index contributed by atoms with van der Waals surface area (Å²) in [5.41, 5.74) is 5.94. The summed E-state index contributed by atoms with van der Waals surface area (Å²) >= 11 is 1.79. The molecule has 1 fully saturated rings. The van der Waals surface area contributed by atoms with Crippen molar-refractivity contribution in [3.8, 4) is 0 Å². The van der Waals surface area contributed by atoms with Gasteiger partial charge < -0.3 is 11.1 Å². The van der Waals surface area contributed by atoms with Crippen LogP contribution >= 0.6 is 11.3 Å². The lowest BCUT2D eigenvalue weighted by molar-refractivity contribution is 0.625. The molecule has 0 amide bonds. The molecule has 3 nitrogen and oxygen atoms in total. The average molecular weight is 273 g/mol. The molecule has 3 N–H and O–H groups in total. The predicted molar refractivity (Wildman–Crippen MR) is 82.5 cm³/mol. The summed E-state index contributed by atoms with van der Waals surface area (Å²) in [6.07, 6.45) is 5.06. The van der Waals surface area contributed by atoms with Gasteiger partial charge in [0.1, 0.15) is 0 Å². The van der Waals surface area contributed by atoms with E-state index in [9.17, 15) is 0 Å². The Morgan fingerprint density at radius 3 is 2.89 bits per heavy atom. The van der Waals surface area contributed by atoms with Crippen LogP contribution in [0.5, 0.6) is 0 Å². The molecule has 0 saturated heterocycles. The molecule has 0 radical (unpaired) electrons. The van der Waals surface area contributed by atoms with E-state index in [4.69, 9.17) is 5.73 Å². The highest BCUT2D eigenvalue weighted by Crippen LogP contribution is 2.25. The normalized spacial score (nSPS) is 17.2. The van der Waals surface area contributed by atoms with Crippen LogP contribution in [0.25, 0.3) is 10.1 Å². The maximum Gasteiger partial charge on any atom is 0.189 e. The first kappa shape index (κ1) is 12.5. The second-order valence-electron chi connectivity index (χ2n) is 5.08. The molecule has 0 bridgehead atoms. The number of hydrogen-bond acceptors (Lipinski definition) is 2. The van der Waals surface area contributed by atoms with Gasteiger partial charge in [0.05, 0.1) is 6.54 Å². The quantitative estimate of drug-likeness (QED) is 0.666. The number of hydrogen-bond donors (Lipinski definition) is 2. The molecule has 19 heavy (non-hydrogen) atoms. The second kappa shape index (κ2) is 5.61. The highest BCUT2D eigenvalue weighted by molar-refractivity contribution is 7.19. The first-order chi connectivity index (χ1) is 9.31. The Labute approximate surface area is 117 Å². The molecule has 1 saturated carbocycles. The van der Waals surface area contributed by atoms with Crippen LogP contribution in [0, 0.1) is 0 Å². The summed E-state index contributed by atoms with van der Waals surface area (Å²) in [5, 5.41) is 4.61. The molecule has 4 heteroatoms. The maximum atomic E-state index is 5.94. The number of benzene rings is 1. The first-order valence-electron chi connectivity index (χ1n) is 6.85. The largest absolute Gasteiger partial charge is 0.370 e. The molecule has 0 unspecified atom stereocenters. The van der Waals surface area contributed by atoms with Gasteiger partial charge >= 0.3 is 0 Å². The van der Waals surface area contributed by atoms with Crippen LogP contribution in [0.2, 0.25) is 0 Å². The Bertz CT molecular complexity index is 549. The summed E-state index contributed by atoms with van der Waals surface area (Å²) < 4.78 is 1.31. The van der Waals surface area contributed by atoms with Crippen LogP contribution in [0.15, 0.2) is 35.3 Å². The Hall–Kier alpha value is -1.55. The molecule has 1 aromatic heterocycles. The van der Waals surface area contributed by atoms with Gasteiger partial charge in [0.25, 0.3) is 0 Å². The monoisotopic (exact) mass is 273 g/mol. The molecule has 0 aliphatic heterocycles. The molecular weight excluding hydrogens is 254 g/mol. The Morgan fingerprint density at radius 1 is 1.32 bits per heavy atom. The topological polar surface area (TPSA) is 50.4 Å². The van der Waals surface area contributed by atoms with Crippen molar-refractivity contribution >= 4 is 27.4 Å². The van der Waals surface area contributed by atoms with Crippen LogP contribution < -0.4 is 11.1 Å². The minimum absolute atomic E-state index is 0.533. The van der Waals surface area contributed by atoms with E-state index in [2.05, 4.69) is 40.6 Å². The third kappa shape index (κ3) is 3.07. The maximum absolute atomic E-state index is 5.94. The Balaban J connectivity index is 1.63. The molecule has 1 heterocycles. The molecular formula is C15H19N3S. The summed E-state index contributed by atoms with van der Waals surface area (Å²) in [6.45, 7) is 0.672. The van der Waals surface area contributed by atoms with Gasteiger partial charge in [0, 0.05) is 15.6 Å². The number of fused-ring (bicyclic) bond motifs is 1. The van der Waals surface area contributed by atoms with Crippen LogP contribution in [-0.4, -0.2) is 12.0 Å². The minimum Gasteiger partial charge on any atom is -0.370 e.